The summed E-state index contributed by atoms with van der Waals surface area (Å²) in [7, 11) is 0. The number of rotatable bonds is 2. The van der Waals surface area contributed by atoms with Crippen LogP contribution < -0.4 is 0 Å². The first-order valence-electron chi connectivity index (χ1n) is 5.36. The third-order valence-corrected chi connectivity index (χ3v) is 3.33. The van der Waals surface area contributed by atoms with Gasteiger partial charge in [0.1, 0.15) is 10.5 Å². The Hall–Kier alpha value is -2.00. The monoisotopic (exact) mass is 238 g/mol. The van der Waals surface area contributed by atoms with E-state index >= 15 is 0 Å². The van der Waals surface area contributed by atoms with Gasteiger partial charge in [0.25, 0.3) is 0 Å². The fraction of sp³-hybridized carbons (Fsp3) is 0. The van der Waals surface area contributed by atoms with E-state index in [1.807, 2.05) is 30.3 Å². The summed E-state index contributed by atoms with van der Waals surface area (Å²) in [4.78, 5) is 0. The van der Waals surface area contributed by atoms with E-state index in [1.165, 1.54) is 11.1 Å². The van der Waals surface area contributed by atoms with Crippen LogP contribution in [-0.4, -0.2) is 10.2 Å². The molecule has 2 aromatic carbocycles. The molecule has 0 bridgehead atoms. The van der Waals surface area contributed by atoms with Gasteiger partial charge in [0.2, 0.25) is 0 Å². The van der Waals surface area contributed by atoms with Crippen molar-refractivity contribution >= 4 is 11.3 Å². The minimum atomic E-state index is 0.962. The molecule has 0 spiro atoms. The summed E-state index contributed by atoms with van der Waals surface area (Å²) >= 11 is 1.56. The lowest BCUT2D eigenvalue weighted by atomic mass is 10.0. The molecule has 0 unspecified atom stereocenters. The second-order valence-corrected chi connectivity index (χ2v) is 4.49. The SMILES string of the molecule is c1ccc(-c2ccccc2-c2nncs2)cc1. The predicted octanol–water partition coefficient (Wildman–Crippen LogP) is 3.87. The van der Waals surface area contributed by atoms with Crippen molar-refractivity contribution in [1.29, 1.82) is 0 Å². The average molecular weight is 238 g/mol. The molecule has 0 aliphatic rings. The van der Waals surface area contributed by atoms with Crippen molar-refractivity contribution in [2.75, 3.05) is 0 Å². The van der Waals surface area contributed by atoms with Crippen LogP contribution in [0.15, 0.2) is 60.1 Å². The van der Waals surface area contributed by atoms with E-state index in [2.05, 4.69) is 34.5 Å². The van der Waals surface area contributed by atoms with Crippen LogP contribution in [0.3, 0.4) is 0 Å². The molecule has 82 valence electrons. The third-order valence-electron chi connectivity index (χ3n) is 2.60. The maximum absolute atomic E-state index is 4.14. The minimum absolute atomic E-state index is 0.962. The number of benzene rings is 2. The van der Waals surface area contributed by atoms with Gasteiger partial charge in [0.15, 0.2) is 0 Å². The molecule has 0 N–H and O–H groups in total. The Morgan fingerprint density at radius 3 is 2.18 bits per heavy atom. The Balaban J connectivity index is 2.18. The molecular weight excluding hydrogens is 228 g/mol. The predicted molar refractivity (Wildman–Crippen MR) is 70.8 cm³/mol. The van der Waals surface area contributed by atoms with Crippen LogP contribution in [0.1, 0.15) is 0 Å². The van der Waals surface area contributed by atoms with E-state index in [0.717, 1.165) is 10.6 Å². The fourth-order valence-corrected chi connectivity index (χ4v) is 2.42. The summed E-state index contributed by atoms with van der Waals surface area (Å²) in [5, 5.41) is 9.01. The van der Waals surface area contributed by atoms with Gasteiger partial charge in [-0.1, -0.05) is 65.9 Å². The zero-order valence-electron chi connectivity index (χ0n) is 9.08. The number of hydrogen-bond donors (Lipinski definition) is 0. The molecule has 2 nitrogen and oxygen atoms in total. The number of aromatic nitrogens is 2. The fourth-order valence-electron chi connectivity index (χ4n) is 1.83. The van der Waals surface area contributed by atoms with Crippen molar-refractivity contribution in [2.24, 2.45) is 0 Å². The summed E-state index contributed by atoms with van der Waals surface area (Å²) in [5.74, 6) is 0. The molecule has 0 aliphatic carbocycles. The molecule has 1 aromatic heterocycles. The normalized spacial score (nSPS) is 10.4. The van der Waals surface area contributed by atoms with Gasteiger partial charge < -0.3 is 0 Å². The summed E-state index contributed by atoms with van der Waals surface area (Å²) < 4.78 is 0. The maximum Gasteiger partial charge on any atom is 0.148 e. The standard InChI is InChI=1S/C14H10N2S/c1-2-6-11(7-3-1)12-8-4-5-9-13(12)14-16-15-10-17-14/h1-10H. The zero-order chi connectivity index (χ0) is 11.5. The Labute approximate surface area is 104 Å². The summed E-state index contributed by atoms with van der Waals surface area (Å²) in [6.45, 7) is 0. The highest BCUT2D eigenvalue weighted by molar-refractivity contribution is 7.12. The molecule has 0 atom stereocenters. The van der Waals surface area contributed by atoms with Crippen molar-refractivity contribution in [2.45, 2.75) is 0 Å². The average Bonchev–Trinajstić information content (AvgIpc) is 2.94. The van der Waals surface area contributed by atoms with Crippen LogP contribution in [0.25, 0.3) is 21.7 Å². The summed E-state index contributed by atoms with van der Waals surface area (Å²) in [5.41, 5.74) is 5.31. The maximum atomic E-state index is 4.14. The van der Waals surface area contributed by atoms with E-state index in [9.17, 15) is 0 Å². The van der Waals surface area contributed by atoms with Gasteiger partial charge >= 0.3 is 0 Å². The van der Waals surface area contributed by atoms with Gasteiger partial charge in [-0.2, -0.15) is 0 Å². The van der Waals surface area contributed by atoms with Crippen molar-refractivity contribution < 1.29 is 0 Å². The lowest BCUT2D eigenvalue weighted by molar-refractivity contribution is 1.10. The zero-order valence-corrected chi connectivity index (χ0v) is 9.89. The van der Waals surface area contributed by atoms with E-state index < -0.39 is 0 Å². The summed E-state index contributed by atoms with van der Waals surface area (Å²) in [6.07, 6.45) is 0. The Bertz CT molecular complexity index is 603. The van der Waals surface area contributed by atoms with Crippen LogP contribution in [0.5, 0.6) is 0 Å². The highest BCUT2D eigenvalue weighted by Gasteiger charge is 2.08. The third kappa shape index (κ3) is 1.97. The molecule has 0 aliphatic heterocycles. The van der Waals surface area contributed by atoms with Gasteiger partial charge in [-0.3, -0.25) is 0 Å². The highest BCUT2D eigenvalue weighted by Crippen LogP contribution is 2.32. The Morgan fingerprint density at radius 2 is 1.47 bits per heavy atom. The second kappa shape index (κ2) is 4.47. The van der Waals surface area contributed by atoms with Gasteiger partial charge in [0.05, 0.1) is 0 Å². The van der Waals surface area contributed by atoms with Crippen molar-refractivity contribution in [1.82, 2.24) is 10.2 Å². The van der Waals surface area contributed by atoms with Crippen LogP contribution in [0.4, 0.5) is 0 Å². The molecule has 0 amide bonds. The first kappa shape index (κ1) is 10.2. The lowest BCUT2D eigenvalue weighted by Crippen LogP contribution is -1.84. The second-order valence-electron chi connectivity index (χ2n) is 3.66. The molecule has 3 heteroatoms. The van der Waals surface area contributed by atoms with Gasteiger partial charge in [-0.25, -0.2) is 0 Å². The largest absolute Gasteiger partial charge is 0.148 e. The van der Waals surface area contributed by atoms with Crippen LogP contribution in [0, 0.1) is 0 Å². The molecule has 1 heterocycles. The number of nitrogens with zero attached hydrogens (tertiary/aromatic N) is 2. The van der Waals surface area contributed by atoms with Crippen molar-refractivity contribution in [3.05, 3.63) is 60.1 Å². The van der Waals surface area contributed by atoms with Crippen LogP contribution >= 0.6 is 11.3 Å². The topological polar surface area (TPSA) is 25.8 Å². The van der Waals surface area contributed by atoms with Gasteiger partial charge in [0, 0.05) is 5.56 Å². The van der Waals surface area contributed by atoms with E-state index in [0.29, 0.717) is 0 Å². The molecule has 0 saturated carbocycles. The summed E-state index contributed by atoms with van der Waals surface area (Å²) in [6, 6.07) is 18.6. The van der Waals surface area contributed by atoms with E-state index in [4.69, 9.17) is 0 Å². The van der Waals surface area contributed by atoms with Gasteiger partial charge in [-0.15, -0.1) is 10.2 Å². The molecule has 3 rings (SSSR count). The van der Waals surface area contributed by atoms with Crippen LogP contribution in [0.2, 0.25) is 0 Å². The lowest BCUT2D eigenvalue weighted by Gasteiger charge is -2.06. The minimum Gasteiger partial charge on any atom is -0.147 e. The molecule has 17 heavy (non-hydrogen) atoms. The highest BCUT2D eigenvalue weighted by atomic mass is 32.1. The molecular formula is C14H10N2S. The quantitative estimate of drug-likeness (QED) is 0.677. The molecule has 0 saturated heterocycles. The van der Waals surface area contributed by atoms with E-state index in [1.54, 1.807) is 16.8 Å². The van der Waals surface area contributed by atoms with Crippen LogP contribution in [-0.2, 0) is 0 Å². The van der Waals surface area contributed by atoms with E-state index in [-0.39, 0.29) is 0 Å². The molecule has 0 fully saturated rings. The molecule has 3 aromatic rings. The Morgan fingerprint density at radius 1 is 0.765 bits per heavy atom. The Kier molecular flexibility index (Phi) is 2.68. The first-order valence-corrected chi connectivity index (χ1v) is 6.24. The van der Waals surface area contributed by atoms with Gasteiger partial charge in [-0.05, 0) is 11.1 Å². The van der Waals surface area contributed by atoms with Crippen molar-refractivity contribution in [3.8, 4) is 21.7 Å². The first-order chi connectivity index (χ1) is 8.45. The molecule has 0 radical (unpaired) electrons. The number of hydrogen-bond acceptors (Lipinski definition) is 3. The smallest absolute Gasteiger partial charge is 0.147 e. The van der Waals surface area contributed by atoms with Crippen molar-refractivity contribution in [3.63, 3.8) is 0 Å².